The van der Waals surface area contributed by atoms with Crippen LogP contribution in [0.15, 0.2) is 0 Å². The molecule has 0 aromatic carbocycles. The first kappa shape index (κ1) is 24.1. The molecule has 21 heavy (non-hydrogen) atoms. The van der Waals surface area contributed by atoms with Crippen molar-refractivity contribution in [2.45, 2.75) is 110 Å². The Balaban J connectivity index is 0. The molecular formula is C18H36O2Th. The summed E-state index contributed by atoms with van der Waals surface area (Å²) >= 11 is 0. The number of rotatable bonds is 16. The molecule has 0 radical (unpaired) electrons. The average Bonchev–Trinajstić information content (AvgIpc) is 2.43. The number of hydrogen-bond acceptors (Lipinski definition) is 1. The molecule has 3 heteroatoms. The van der Waals surface area contributed by atoms with Crippen LogP contribution in [0.5, 0.6) is 0 Å². The Morgan fingerprint density at radius 2 is 0.905 bits per heavy atom. The second kappa shape index (κ2) is 20.8. The predicted octanol–water partition coefficient (Wildman–Crippen LogP) is 6.33. The maximum absolute atomic E-state index is 10.3. The zero-order valence-corrected chi connectivity index (χ0v) is 18.3. The Hall–Kier alpha value is 0.795. The molecular weight excluding hydrogens is 480 g/mol. The van der Waals surface area contributed by atoms with E-state index >= 15 is 0 Å². The van der Waals surface area contributed by atoms with Crippen molar-refractivity contribution < 1.29 is 49.8 Å². The van der Waals surface area contributed by atoms with Crippen LogP contribution in [0.2, 0.25) is 0 Å². The van der Waals surface area contributed by atoms with Crippen LogP contribution in [0.25, 0.3) is 0 Å². The van der Waals surface area contributed by atoms with Crippen molar-refractivity contribution in [3.8, 4) is 0 Å². The molecule has 0 aliphatic rings. The molecule has 0 fully saturated rings. The normalized spacial score (nSPS) is 10.3. The minimum atomic E-state index is -0.653. The Kier molecular flexibility index (Phi) is 23.8. The summed E-state index contributed by atoms with van der Waals surface area (Å²) in [5.41, 5.74) is 0. The zero-order valence-electron chi connectivity index (χ0n) is 14.2. The second-order valence-electron chi connectivity index (χ2n) is 6.09. The number of unbranched alkanes of at least 4 members (excludes halogenated alkanes) is 14. The first-order chi connectivity index (χ1) is 9.77. The summed E-state index contributed by atoms with van der Waals surface area (Å²) in [5, 5.41) is 8.52. The van der Waals surface area contributed by atoms with Gasteiger partial charge in [-0.25, -0.2) is 0 Å². The van der Waals surface area contributed by atoms with Gasteiger partial charge in [-0.3, -0.25) is 4.79 Å². The molecule has 0 saturated heterocycles. The van der Waals surface area contributed by atoms with E-state index in [1.54, 1.807) is 0 Å². The van der Waals surface area contributed by atoms with Gasteiger partial charge in [0.1, 0.15) is 0 Å². The van der Waals surface area contributed by atoms with E-state index in [1.165, 1.54) is 83.5 Å². The second-order valence-corrected chi connectivity index (χ2v) is 6.09. The predicted molar refractivity (Wildman–Crippen MR) is 87.2 cm³/mol. The third-order valence-electron chi connectivity index (χ3n) is 3.99. The average molecular weight is 517 g/mol. The van der Waals surface area contributed by atoms with Crippen LogP contribution < -0.4 is 0 Å². The third kappa shape index (κ3) is 23.2. The number of aliphatic carboxylic acids is 1. The van der Waals surface area contributed by atoms with Gasteiger partial charge in [-0.05, 0) is 6.42 Å². The van der Waals surface area contributed by atoms with Crippen molar-refractivity contribution >= 4 is 5.97 Å². The number of hydrogen-bond donors (Lipinski definition) is 1. The summed E-state index contributed by atoms with van der Waals surface area (Å²) in [6, 6.07) is 0. The third-order valence-corrected chi connectivity index (χ3v) is 3.99. The van der Waals surface area contributed by atoms with Crippen LogP contribution in [0, 0.1) is 39.9 Å². The molecule has 0 heterocycles. The largest absolute Gasteiger partial charge is 0.481 e. The van der Waals surface area contributed by atoms with Crippen molar-refractivity contribution in [3.63, 3.8) is 0 Å². The number of carboxylic acids is 1. The topological polar surface area (TPSA) is 37.3 Å². The minimum absolute atomic E-state index is 0. The molecule has 1 N–H and O–H groups in total. The molecule has 0 aromatic rings. The van der Waals surface area contributed by atoms with Crippen molar-refractivity contribution in [2.75, 3.05) is 0 Å². The van der Waals surface area contributed by atoms with E-state index in [-0.39, 0.29) is 39.9 Å². The molecule has 124 valence electrons. The Morgan fingerprint density at radius 3 is 1.19 bits per heavy atom. The standard InChI is InChI=1S/C18H36O2.Th/c1-2-3-4-5-6-7-8-9-10-11-12-13-14-15-16-17-18(19)20;/h2-17H2,1H3,(H,19,20);. The fourth-order valence-corrected chi connectivity index (χ4v) is 2.65. The molecule has 0 atom stereocenters. The maximum Gasteiger partial charge on any atom is 0.303 e. The minimum Gasteiger partial charge on any atom is -0.481 e. The van der Waals surface area contributed by atoms with Crippen LogP contribution in [0.3, 0.4) is 0 Å². The van der Waals surface area contributed by atoms with Crippen LogP contribution in [0.4, 0.5) is 0 Å². The molecule has 0 bridgehead atoms. The van der Waals surface area contributed by atoms with Gasteiger partial charge in [0, 0.05) is 46.4 Å². The smallest absolute Gasteiger partial charge is 0.303 e. The molecule has 0 unspecified atom stereocenters. The molecule has 2 nitrogen and oxygen atoms in total. The monoisotopic (exact) mass is 516 g/mol. The summed E-state index contributed by atoms with van der Waals surface area (Å²) < 4.78 is 0. The van der Waals surface area contributed by atoms with Gasteiger partial charge >= 0.3 is 5.97 Å². The van der Waals surface area contributed by atoms with Gasteiger partial charge in [0.25, 0.3) is 0 Å². The first-order valence-corrected chi connectivity index (χ1v) is 8.99. The fraction of sp³-hybridized carbons (Fsp3) is 0.944. The van der Waals surface area contributed by atoms with Gasteiger partial charge in [0.2, 0.25) is 0 Å². The summed E-state index contributed by atoms with van der Waals surface area (Å²) in [6.07, 6.45) is 20.2. The van der Waals surface area contributed by atoms with Gasteiger partial charge in [0.15, 0.2) is 0 Å². The van der Waals surface area contributed by atoms with E-state index in [2.05, 4.69) is 6.92 Å². The van der Waals surface area contributed by atoms with Crippen LogP contribution >= 0.6 is 0 Å². The van der Waals surface area contributed by atoms with E-state index in [0.29, 0.717) is 6.42 Å². The van der Waals surface area contributed by atoms with Crippen LogP contribution in [-0.4, -0.2) is 11.1 Å². The van der Waals surface area contributed by atoms with Crippen LogP contribution in [-0.2, 0) is 4.79 Å². The first-order valence-electron chi connectivity index (χ1n) is 8.99. The van der Waals surface area contributed by atoms with Crippen molar-refractivity contribution in [2.24, 2.45) is 0 Å². The quantitative estimate of drug-likeness (QED) is 0.244. The van der Waals surface area contributed by atoms with Crippen molar-refractivity contribution in [1.29, 1.82) is 0 Å². The van der Waals surface area contributed by atoms with E-state index < -0.39 is 5.97 Å². The van der Waals surface area contributed by atoms with Gasteiger partial charge in [-0.1, -0.05) is 96.8 Å². The van der Waals surface area contributed by atoms with E-state index in [4.69, 9.17) is 5.11 Å². The molecule has 0 saturated carbocycles. The van der Waals surface area contributed by atoms with Gasteiger partial charge in [-0.15, -0.1) is 0 Å². The Morgan fingerprint density at radius 1 is 0.619 bits per heavy atom. The SMILES string of the molecule is CCCCCCCCCCCCCCCCCC(=O)O.[Th]. The van der Waals surface area contributed by atoms with Crippen molar-refractivity contribution in [1.82, 2.24) is 0 Å². The summed E-state index contributed by atoms with van der Waals surface area (Å²) in [6.45, 7) is 2.27. The summed E-state index contributed by atoms with van der Waals surface area (Å²) in [5.74, 6) is -0.653. The molecule has 0 aliphatic carbocycles. The Bertz CT molecular complexity index is 207. The molecule has 0 aromatic heterocycles. The zero-order chi connectivity index (χ0) is 14.9. The molecule has 0 spiro atoms. The summed E-state index contributed by atoms with van der Waals surface area (Å²) in [4.78, 5) is 10.3. The number of carbonyl (C=O) groups is 1. The van der Waals surface area contributed by atoms with Crippen molar-refractivity contribution in [3.05, 3.63) is 0 Å². The molecule has 0 amide bonds. The van der Waals surface area contributed by atoms with Gasteiger partial charge < -0.3 is 5.11 Å². The molecule has 0 rings (SSSR count). The fourth-order valence-electron chi connectivity index (χ4n) is 2.65. The van der Waals surface area contributed by atoms with Gasteiger partial charge in [-0.2, -0.15) is 0 Å². The van der Waals surface area contributed by atoms with Crippen LogP contribution in [0.1, 0.15) is 110 Å². The van der Waals surface area contributed by atoms with E-state index in [1.807, 2.05) is 0 Å². The van der Waals surface area contributed by atoms with Gasteiger partial charge in [0.05, 0.1) is 0 Å². The maximum atomic E-state index is 10.3. The van der Waals surface area contributed by atoms with E-state index in [9.17, 15) is 4.79 Å². The number of carboxylic acid groups (broad SMARTS) is 1. The summed E-state index contributed by atoms with van der Waals surface area (Å²) in [7, 11) is 0. The van der Waals surface area contributed by atoms with E-state index in [0.717, 1.165) is 12.8 Å². The Labute approximate surface area is 164 Å². The molecule has 0 aliphatic heterocycles.